The van der Waals surface area contributed by atoms with E-state index in [1.165, 1.54) is 24.8 Å². The number of thiophene rings is 1. The molecule has 5 aromatic rings. The Labute approximate surface area is 451 Å². The second-order valence-electron chi connectivity index (χ2n) is 18.9. The predicted molar refractivity (Wildman–Crippen MR) is 302 cm³/mol. The fourth-order valence-corrected chi connectivity index (χ4v) is 13.3. The summed E-state index contributed by atoms with van der Waals surface area (Å²) in [5.41, 5.74) is 5.79. The van der Waals surface area contributed by atoms with Crippen molar-refractivity contribution in [2.45, 2.75) is 108 Å². The quantitative estimate of drug-likeness (QED) is 0.0409. The van der Waals surface area contributed by atoms with Crippen molar-refractivity contribution in [1.29, 1.82) is 0 Å². The maximum Gasteiger partial charge on any atom is 0.349 e. The zero-order valence-corrected chi connectivity index (χ0v) is 46.1. The van der Waals surface area contributed by atoms with Gasteiger partial charge in [0.1, 0.15) is 47.6 Å². The molecule has 2 saturated heterocycles. The molecule has 0 spiro atoms. The van der Waals surface area contributed by atoms with Crippen LogP contribution in [0.5, 0.6) is 11.5 Å². The van der Waals surface area contributed by atoms with E-state index < -0.39 is 21.7 Å². The summed E-state index contributed by atoms with van der Waals surface area (Å²) in [5, 5.41) is 28.0. The first-order chi connectivity index (χ1) is 36.2. The van der Waals surface area contributed by atoms with Crippen LogP contribution in [0.1, 0.15) is 123 Å². The number of aromatic carboxylic acids is 1. The highest BCUT2D eigenvalue weighted by Gasteiger charge is 2.55. The van der Waals surface area contributed by atoms with Gasteiger partial charge in [0.05, 0.1) is 9.62 Å². The Morgan fingerprint density at radius 2 is 1.68 bits per heavy atom. The Bertz CT molecular complexity index is 2790. The predicted octanol–water partition coefficient (Wildman–Crippen LogP) is 10.6. The third-order valence-corrected chi connectivity index (χ3v) is 17.7. The number of benzene rings is 4. The number of amides is 2. The van der Waals surface area contributed by atoms with Gasteiger partial charge in [0, 0.05) is 67.7 Å². The number of carboxylic acid groups (broad SMARTS) is 1. The normalized spacial score (nSPS) is 17.5. The molecule has 1 aliphatic carbocycles. The summed E-state index contributed by atoms with van der Waals surface area (Å²) >= 11 is 7.60. The highest BCUT2D eigenvalue weighted by Crippen LogP contribution is 2.55. The van der Waals surface area contributed by atoms with Gasteiger partial charge in [-0.15, -0.1) is 11.3 Å². The van der Waals surface area contributed by atoms with Crippen LogP contribution >= 0.6 is 22.9 Å². The maximum atomic E-state index is 14.6. The molecule has 2 unspecified atom stereocenters. The van der Waals surface area contributed by atoms with Crippen LogP contribution in [0.15, 0.2) is 77.8 Å². The summed E-state index contributed by atoms with van der Waals surface area (Å²) in [6.45, 7) is 17.1. The van der Waals surface area contributed by atoms with E-state index in [0.29, 0.717) is 48.2 Å². The van der Waals surface area contributed by atoms with Crippen molar-refractivity contribution in [3.05, 3.63) is 99.4 Å². The second-order valence-corrected chi connectivity index (χ2v) is 22.0. The molecule has 9 rings (SSSR count). The smallest absolute Gasteiger partial charge is 0.349 e. The first kappa shape index (κ1) is 59.9. The molecule has 2 atom stereocenters. The highest BCUT2D eigenvalue weighted by molar-refractivity contribution is 7.84. The number of halogens is 1. The summed E-state index contributed by atoms with van der Waals surface area (Å²) in [5.74, 6) is -0.158. The maximum absolute atomic E-state index is 14.6. The minimum absolute atomic E-state index is 0.00551. The number of aliphatic hydroxyl groups is 1. The van der Waals surface area contributed by atoms with E-state index in [-0.39, 0.29) is 39.7 Å². The molecular weight excluding hydrogens is 1020 g/mol. The van der Waals surface area contributed by atoms with Crippen molar-refractivity contribution in [3.8, 4) is 21.9 Å². The standard InChI is InChI=1S/C47H48ClN5O7S2.C5H12.C2H5NO.CH4O.CH2O/c1-46(2)26-32(50-31-7-4-6-29(24-31)42-40(48)41(59-23-22-54)43(61-42)45(56)57)16-21-53(46)62(58)47(17-18-47)30-10-13-38(37(25-30)49-3)60-27-52-19-14-28(15-20-52)33-11-12-36-39-34(33)8-5-9-35(39)44(55)51-36;1-3-5-4-2;1-3-2-4;2*1-2/h4-13,22,24-25,28,32,50H,3,14-21,23,26-27H2,1-2H3,(H,51,55)(H,56,57);3-5H2,1-2H3;2H,1H3,(H,3,4);2H,1H3;1H2. The Hall–Kier alpha value is -6.02. The van der Waals surface area contributed by atoms with Crippen LogP contribution in [0.25, 0.3) is 21.2 Å². The molecule has 404 valence electrons. The topological polar surface area (TPSA) is 216 Å². The lowest BCUT2D eigenvalue weighted by molar-refractivity contribution is -0.110. The van der Waals surface area contributed by atoms with E-state index in [9.17, 15) is 23.7 Å². The van der Waals surface area contributed by atoms with E-state index in [1.54, 1.807) is 7.05 Å². The molecule has 19 heteroatoms. The van der Waals surface area contributed by atoms with Gasteiger partial charge >= 0.3 is 5.97 Å². The van der Waals surface area contributed by atoms with E-state index >= 15 is 0 Å². The lowest BCUT2D eigenvalue weighted by Gasteiger charge is -2.46. The molecule has 4 heterocycles. The number of rotatable bonds is 18. The number of aliphatic imine (C=N–C) groups is 1. The van der Waals surface area contributed by atoms with Crippen molar-refractivity contribution in [2.75, 3.05) is 57.8 Å². The van der Waals surface area contributed by atoms with Gasteiger partial charge in [0.2, 0.25) is 6.41 Å². The molecule has 75 heavy (non-hydrogen) atoms. The lowest BCUT2D eigenvalue weighted by atomic mass is 9.85. The van der Waals surface area contributed by atoms with Gasteiger partial charge in [-0.3, -0.25) is 24.3 Å². The Balaban J connectivity index is 0.000000726. The molecule has 3 aliphatic heterocycles. The first-order valence-corrected chi connectivity index (χ1v) is 27.4. The summed E-state index contributed by atoms with van der Waals surface area (Å²) in [4.78, 5) is 59.5. The number of carboxylic acids is 1. The molecule has 3 fully saturated rings. The van der Waals surface area contributed by atoms with E-state index in [4.69, 9.17) is 35.8 Å². The van der Waals surface area contributed by atoms with Crippen molar-refractivity contribution >= 4 is 99.8 Å². The Morgan fingerprint density at radius 1 is 0.987 bits per heavy atom. The van der Waals surface area contributed by atoms with Gasteiger partial charge in [-0.05, 0) is 123 Å². The number of hydrogen-bond donors (Lipinski definition) is 5. The van der Waals surface area contributed by atoms with Gasteiger partial charge < -0.3 is 40.4 Å². The van der Waals surface area contributed by atoms with Crippen molar-refractivity contribution < 1.29 is 47.9 Å². The Kier molecular flexibility index (Phi) is 22.5. The number of piperidine rings is 2. The fraction of sp³-hybridized carbons (Fsp3) is 0.429. The number of nitrogens with zero attached hydrogens (tertiary/aromatic N) is 3. The molecule has 0 radical (unpaired) electrons. The molecule has 1 aromatic heterocycles. The fourth-order valence-electron chi connectivity index (χ4n) is 9.86. The first-order valence-electron chi connectivity index (χ1n) is 25.1. The number of unbranched alkanes of at least 4 members (excludes halogenated alkanes) is 2. The molecule has 5 N–H and O–H groups in total. The average Bonchev–Trinajstić information content (AvgIpc) is 4.08. The zero-order chi connectivity index (χ0) is 54.9. The number of carbonyl (C=O) groups excluding carboxylic acids is 4. The highest BCUT2D eigenvalue weighted by atomic mass is 35.5. The van der Waals surface area contributed by atoms with Crippen LogP contribution in [0, 0.1) is 0 Å². The van der Waals surface area contributed by atoms with Gasteiger partial charge in [-0.25, -0.2) is 13.3 Å². The number of hydrogen-bond acceptors (Lipinski definition) is 13. The number of ether oxygens (including phenoxy) is 2. The lowest BCUT2D eigenvalue weighted by Crippen LogP contribution is -2.55. The number of carbonyl (C=O) groups is 5. The molecule has 0 bridgehead atoms. The molecule has 16 nitrogen and oxygen atoms in total. The van der Waals surface area contributed by atoms with Crippen LogP contribution in [0.4, 0.5) is 17.1 Å². The number of anilines is 2. The largest absolute Gasteiger partial charge is 0.483 e. The molecular formula is C56H71ClN6O10S2. The third-order valence-electron chi connectivity index (χ3n) is 13.6. The third kappa shape index (κ3) is 14.1. The number of aldehydes is 1. The summed E-state index contributed by atoms with van der Waals surface area (Å²) in [7, 11) is 1.26. The van der Waals surface area contributed by atoms with E-state index in [0.717, 1.165) is 109 Å². The minimum Gasteiger partial charge on any atom is -0.483 e. The zero-order valence-electron chi connectivity index (χ0n) is 43.7. The van der Waals surface area contributed by atoms with E-state index in [2.05, 4.69) is 76.7 Å². The van der Waals surface area contributed by atoms with Gasteiger partial charge in [-0.1, -0.05) is 81.1 Å². The van der Waals surface area contributed by atoms with E-state index in [1.807, 2.05) is 67.5 Å². The van der Waals surface area contributed by atoms with Crippen LogP contribution < -0.4 is 25.4 Å². The van der Waals surface area contributed by atoms with Crippen LogP contribution in [0.2, 0.25) is 5.02 Å². The molecule has 1 saturated carbocycles. The number of aliphatic hydroxyl groups excluding tert-OH is 1. The average molecular weight is 1090 g/mol. The SMILES string of the molecule is C=Nc1cc(C2(S(=O)N3CCC(Nc4cccc(-c5sc(C(=O)O)c(OCC=O)c5Cl)c4)CC3(C)C)CC2)ccc1OCN1CCC(c2ccc3c4c(cccc24)C(=O)N3)CC1.C=O.CCCCC.CNC=O.CO. The summed E-state index contributed by atoms with van der Waals surface area (Å²) < 4.78 is 28.0. The molecule has 4 aromatic carbocycles. The van der Waals surface area contributed by atoms with Crippen molar-refractivity contribution in [3.63, 3.8) is 0 Å². The van der Waals surface area contributed by atoms with Gasteiger partial charge in [0.25, 0.3) is 5.91 Å². The Morgan fingerprint density at radius 3 is 2.28 bits per heavy atom. The van der Waals surface area contributed by atoms with Crippen LogP contribution in [-0.2, 0) is 30.1 Å². The van der Waals surface area contributed by atoms with Crippen LogP contribution in [0.3, 0.4) is 0 Å². The molecule has 2 amide bonds. The monoisotopic (exact) mass is 1090 g/mol. The second kappa shape index (κ2) is 28.2. The van der Waals surface area contributed by atoms with Crippen molar-refractivity contribution in [1.82, 2.24) is 14.5 Å². The van der Waals surface area contributed by atoms with Gasteiger partial charge in [-0.2, -0.15) is 0 Å². The number of likely N-dealkylation sites (tertiary alicyclic amines) is 1. The van der Waals surface area contributed by atoms with Crippen LogP contribution in [-0.4, -0.2) is 120 Å². The summed E-state index contributed by atoms with van der Waals surface area (Å²) in [6, 6.07) is 24.0. The molecule has 4 aliphatic rings. The van der Waals surface area contributed by atoms with Gasteiger partial charge in [0.15, 0.2) is 16.9 Å². The van der Waals surface area contributed by atoms with Crippen molar-refractivity contribution in [2.24, 2.45) is 4.99 Å². The summed E-state index contributed by atoms with van der Waals surface area (Å²) in [6.07, 6.45) is 10.4. The number of nitrogens with one attached hydrogen (secondary N) is 3. The minimum atomic E-state index is -1.30.